The lowest BCUT2D eigenvalue weighted by Crippen LogP contribution is -2.16. The number of hydrogen-bond donors (Lipinski definition) is 0. The maximum Gasteiger partial charge on any atom is 0.189 e. The van der Waals surface area contributed by atoms with Gasteiger partial charge in [-0.25, -0.2) is 9.97 Å². The summed E-state index contributed by atoms with van der Waals surface area (Å²) in [5, 5.41) is 0.566. The summed E-state index contributed by atoms with van der Waals surface area (Å²) in [5.74, 6) is 1.50. The zero-order valence-corrected chi connectivity index (χ0v) is 18.0. The zero-order valence-electron chi connectivity index (χ0n) is 17.2. The van der Waals surface area contributed by atoms with E-state index in [1.54, 1.807) is 18.2 Å². The van der Waals surface area contributed by atoms with Crippen molar-refractivity contribution >= 4 is 17.5 Å². The van der Waals surface area contributed by atoms with Crippen LogP contribution in [0.25, 0.3) is 22.5 Å². The quantitative estimate of drug-likeness (QED) is 0.222. The van der Waals surface area contributed by atoms with E-state index in [0.717, 1.165) is 22.5 Å². The van der Waals surface area contributed by atoms with Crippen LogP contribution >= 0.6 is 11.8 Å². The van der Waals surface area contributed by atoms with Gasteiger partial charge in [0.2, 0.25) is 0 Å². The van der Waals surface area contributed by atoms with Crippen LogP contribution in [0.1, 0.15) is 10.4 Å². The first kappa shape index (κ1) is 20.3. The van der Waals surface area contributed by atoms with Crippen LogP contribution in [0, 0.1) is 0 Å². The van der Waals surface area contributed by atoms with E-state index in [-0.39, 0.29) is 11.5 Å². The maximum atomic E-state index is 12.8. The van der Waals surface area contributed by atoms with Crippen molar-refractivity contribution in [2.45, 2.75) is 5.16 Å². The lowest BCUT2D eigenvalue weighted by Gasteiger charge is -2.18. The summed E-state index contributed by atoms with van der Waals surface area (Å²) in [5.41, 5.74) is 4.26. The summed E-state index contributed by atoms with van der Waals surface area (Å²) in [7, 11) is 0. The van der Waals surface area contributed by atoms with Crippen molar-refractivity contribution < 1.29 is 14.3 Å². The topological polar surface area (TPSA) is 61.3 Å². The molecule has 0 unspecified atom stereocenters. The minimum Gasteiger partial charge on any atom is -0.486 e. The molecule has 5 nitrogen and oxygen atoms in total. The number of hydrogen-bond acceptors (Lipinski definition) is 6. The number of rotatable bonds is 6. The number of ether oxygens (including phenoxy) is 2. The van der Waals surface area contributed by atoms with Crippen molar-refractivity contribution in [3.8, 4) is 34.0 Å². The molecule has 1 aliphatic heterocycles. The number of ketones is 1. The van der Waals surface area contributed by atoms with Gasteiger partial charge in [-0.2, -0.15) is 0 Å². The second-order valence-corrected chi connectivity index (χ2v) is 8.17. The second kappa shape index (κ2) is 9.24. The van der Waals surface area contributed by atoms with Crippen molar-refractivity contribution in [3.05, 3.63) is 90.5 Å². The van der Waals surface area contributed by atoms with E-state index in [1.165, 1.54) is 11.8 Å². The third-order valence-corrected chi connectivity index (χ3v) is 5.89. The van der Waals surface area contributed by atoms with Gasteiger partial charge in [-0.3, -0.25) is 4.79 Å². The van der Waals surface area contributed by atoms with Crippen LogP contribution in [0.2, 0.25) is 0 Å². The second-order valence-electron chi connectivity index (χ2n) is 7.22. The number of aromatic nitrogens is 2. The molecular formula is C26H20N2O3S. The van der Waals surface area contributed by atoms with E-state index in [4.69, 9.17) is 19.4 Å². The molecule has 2 heterocycles. The summed E-state index contributed by atoms with van der Waals surface area (Å²) in [4.78, 5) is 22.3. The maximum absolute atomic E-state index is 12.8. The predicted molar refractivity (Wildman–Crippen MR) is 125 cm³/mol. The molecule has 0 fully saturated rings. The lowest BCUT2D eigenvalue weighted by molar-refractivity contribution is 0.102. The van der Waals surface area contributed by atoms with Gasteiger partial charge in [0, 0.05) is 16.7 Å². The Kier molecular flexibility index (Phi) is 5.85. The van der Waals surface area contributed by atoms with Crippen LogP contribution in [0.5, 0.6) is 11.5 Å². The van der Waals surface area contributed by atoms with Crippen LogP contribution in [0.4, 0.5) is 0 Å². The molecule has 0 aliphatic carbocycles. The van der Waals surface area contributed by atoms with Crippen LogP contribution in [-0.2, 0) is 0 Å². The van der Waals surface area contributed by atoms with Crippen molar-refractivity contribution in [3.63, 3.8) is 0 Å². The molecule has 3 aromatic carbocycles. The molecular weight excluding hydrogens is 420 g/mol. The van der Waals surface area contributed by atoms with Crippen LogP contribution in [-0.4, -0.2) is 34.7 Å². The molecule has 0 atom stereocenters. The number of Topliss-reactive ketones (excluding diaryl/α,β-unsaturated/α-hetero) is 1. The van der Waals surface area contributed by atoms with Crippen molar-refractivity contribution in [1.82, 2.24) is 9.97 Å². The minimum absolute atomic E-state index is 0.0121. The Balaban J connectivity index is 1.41. The summed E-state index contributed by atoms with van der Waals surface area (Å²) in [6.07, 6.45) is 0. The number of fused-ring (bicyclic) bond motifs is 1. The minimum atomic E-state index is -0.0121. The fraction of sp³-hybridized carbons (Fsp3) is 0.115. The fourth-order valence-corrected chi connectivity index (χ4v) is 4.19. The van der Waals surface area contributed by atoms with Crippen LogP contribution in [0.15, 0.2) is 90.1 Å². The van der Waals surface area contributed by atoms with E-state index in [1.807, 2.05) is 66.7 Å². The standard InChI is InChI=1S/C26H20N2O3S/c29-23(20-11-12-24-25(15-20)31-14-13-30-24)17-32-26-27-21(18-7-3-1-4-8-18)16-22(28-26)19-9-5-2-6-10-19/h1-12,15-16H,13-14,17H2. The van der Waals surface area contributed by atoms with Crippen LogP contribution < -0.4 is 9.47 Å². The molecule has 6 heteroatoms. The highest BCUT2D eigenvalue weighted by atomic mass is 32.2. The van der Waals surface area contributed by atoms with Gasteiger partial charge < -0.3 is 9.47 Å². The highest BCUT2D eigenvalue weighted by Crippen LogP contribution is 2.32. The average Bonchev–Trinajstić information content (AvgIpc) is 2.88. The molecule has 0 radical (unpaired) electrons. The van der Waals surface area contributed by atoms with Crippen LogP contribution in [0.3, 0.4) is 0 Å². The molecule has 0 spiro atoms. The van der Waals surface area contributed by atoms with Gasteiger partial charge in [-0.15, -0.1) is 0 Å². The number of thioether (sulfide) groups is 1. The van der Waals surface area contributed by atoms with Gasteiger partial charge in [-0.1, -0.05) is 72.4 Å². The van der Waals surface area contributed by atoms with E-state index in [2.05, 4.69) is 0 Å². The van der Waals surface area contributed by atoms with E-state index in [0.29, 0.717) is 35.4 Å². The lowest BCUT2D eigenvalue weighted by atomic mass is 10.1. The zero-order chi connectivity index (χ0) is 21.8. The Bertz CT molecular complexity index is 1190. The van der Waals surface area contributed by atoms with E-state index in [9.17, 15) is 4.79 Å². The van der Waals surface area contributed by atoms with Gasteiger partial charge in [0.25, 0.3) is 0 Å². The van der Waals surface area contributed by atoms with Gasteiger partial charge in [0.05, 0.1) is 17.1 Å². The Morgan fingerprint density at radius 3 is 1.97 bits per heavy atom. The summed E-state index contributed by atoms with van der Waals surface area (Å²) in [6, 6.07) is 27.3. The van der Waals surface area contributed by atoms with Gasteiger partial charge in [-0.05, 0) is 24.3 Å². The van der Waals surface area contributed by atoms with Gasteiger partial charge in [0.15, 0.2) is 22.4 Å². The molecule has 0 N–H and O–H groups in total. The Hall–Kier alpha value is -3.64. The molecule has 1 aliphatic rings. The average molecular weight is 441 g/mol. The normalized spacial score (nSPS) is 12.4. The fourth-order valence-electron chi connectivity index (χ4n) is 3.43. The van der Waals surface area contributed by atoms with Gasteiger partial charge >= 0.3 is 0 Å². The highest BCUT2D eigenvalue weighted by Gasteiger charge is 2.16. The number of nitrogens with zero attached hydrogens (tertiary/aromatic N) is 2. The Labute approximate surface area is 190 Å². The monoisotopic (exact) mass is 440 g/mol. The first-order valence-electron chi connectivity index (χ1n) is 10.3. The molecule has 0 bridgehead atoms. The summed E-state index contributed by atoms with van der Waals surface area (Å²) >= 11 is 1.33. The SMILES string of the molecule is O=C(CSc1nc(-c2ccccc2)cc(-c2ccccc2)n1)c1ccc2c(c1)OCCO2. The molecule has 1 aromatic heterocycles. The number of carbonyl (C=O) groups is 1. The summed E-state index contributed by atoms with van der Waals surface area (Å²) < 4.78 is 11.1. The largest absolute Gasteiger partial charge is 0.486 e. The van der Waals surface area contributed by atoms with E-state index < -0.39 is 0 Å². The first-order valence-corrected chi connectivity index (χ1v) is 11.3. The predicted octanol–water partition coefficient (Wildman–Crippen LogP) is 5.56. The summed E-state index contributed by atoms with van der Waals surface area (Å²) in [6.45, 7) is 1.01. The molecule has 158 valence electrons. The van der Waals surface area contributed by atoms with Crippen molar-refractivity contribution in [1.29, 1.82) is 0 Å². The molecule has 0 saturated heterocycles. The van der Waals surface area contributed by atoms with Crippen molar-refractivity contribution in [2.75, 3.05) is 19.0 Å². The molecule has 5 rings (SSSR count). The molecule has 32 heavy (non-hydrogen) atoms. The Morgan fingerprint density at radius 2 is 1.34 bits per heavy atom. The smallest absolute Gasteiger partial charge is 0.189 e. The number of carbonyl (C=O) groups excluding carboxylic acids is 1. The third kappa shape index (κ3) is 4.50. The third-order valence-electron chi connectivity index (χ3n) is 5.04. The first-order chi connectivity index (χ1) is 15.8. The number of benzene rings is 3. The molecule has 4 aromatic rings. The molecule has 0 amide bonds. The Morgan fingerprint density at radius 1 is 0.750 bits per heavy atom. The van der Waals surface area contributed by atoms with Crippen molar-refractivity contribution in [2.24, 2.45) is 0 Å². The highest BCUT2D eigenvalue weighted by molar-refractivity contribution is 7.99. The molecule has 0 saturated carbocycles. The van der Waals surface area contributed by atoms with E-state index >= 15 is 0 Å². The van der Waals surface area contributed by atoms with Gasteiger partial charge in [0.1, 0.15) is 13.2 Å².